The molecule has 9 heteroatoms. The van der Waals surface area contributed by atoms with Crippen molar-refractivity contribution in [2.75, 3.05) is 10.6 Å². The summed E-state index contributed by atoms with van der Waals surface area (Å²) in [7, 11) is 0. The zero-order valence-electron chi connectivity index (χ0n) is 23.5. The fourth-order valence-electron chi connectivity index (χ4n) is 4.37. The van der Waals surface area contributed by atoms with Crippen LogP contribution in [0.4, 0.5) is 11.4 Å². The molecule has 0 spiro atoms. The SMILES string of the molecule is CC(Sc1ccc(NC(=O)/C(=C/c2cccc3ccccc23)NC(=O)c2ccccc2)cc1)C(=O)Nc1cc(Cl)ccc1Cl. The largest absolute Gasteiger partial charge is 0.324 e. The molecule has 220 valence electrons. The van der Waals surface area contributed by atoms with Gasteiger partial charge in [0.25, 0.3) is 11.8 Å². The molecule has 0 saturated carbocycles. The maximum atomic E-state index is 13.5. The van der Waals surface area contributed by atoms with E-state index in [0.717, 1.165) is 21.2 Å². The fourth-order valence-corrected chi connectivity index (χ4v) is 5.58. The highest BCUT2D eigenvalue weighted by molar-refractivity contribution is 8.00. The van der Waals surface area contributed by atoms with Crippen molar-refractivity contribution < 1.29 is 14.4 Å². The van der Waals surface area contributed by atoms with Gasteiger partial charge in [-0.1, -0.05) is 83.9 Å². The van der Waals surface area contributed by atoms with Crippen molar-refractivity contribution in [1.29, 1.82) is 0 Å². The molecule has 0 aliphatic heterocycles. The molecular weight excluding hydrogens is 613 g/mol. The monoisotopic (exact) mass is 639 g/mol. The van der Waals surface area contributed by atoms with Crippen LogP contribution in [0.2, 0.25) is 10.0 Å². The van der Waals surface area contributed by atoms with Crippen LogP contribution in [0.15, 0.2) is 126 Å². The normalized spacial score (nSPS) is 11.9. The van der Waals surface area contributed by atoms with Gasteiger partial charge in [0.2, 0.25) is 5.91 Å². The molecule has 3 amide bonds. The molecule has 0 fully saturated rings. The Kier molecular flexibility index (Phi) is 10.0. The van der Waals surface area contributed by atoms with Crippen molar-refractivity contribution >= 4 is 80.9 Å². The highest BCUT2D eigenvalue weighted by Crippen LogP contribution is 2.29. The van der Waals surface area contributed by atoms with E-state index in [4.69, 9.17) is 23.2 Å². The summed E-state index contributed by atoms with van der Waals surface area (Å²) < 4.78 is 0. The van der Waals surface area contributed by atoms with Gasteiger partial charge in [0, 0.05) is 21.2 Å². The van der Waals surface area contributed by atoms with Crippen molar-refractivity contribution in [3.05, 3.63) is 142 Å². The number of rotatable bonds is 9. The number of nitrogens with one attached hydrogen (secondary N) is 3. The number of carbonyl (C=O) groups is 3. The van der Waals surface area contributed by atoms with Crippen molar-refractivity contribution in [2.24, 2.45) is 0 Å². The van der Waals surface area contributed by atoms with Crippen LogP contribution in [0, 0.1) is 0 Å². The van der Waals surface area contributed by atoms with Gasteiger partial charge >= 0.3 is 0 Å². The highest BCUT2D eigenvalue weighted by atomic mass is 35.5. The molecule has 1 unspecified atom stereocenters. The number of carbonyl (C=O) groups excluding carboxylic acids is 3. The molecule has 44 heavy (non-hydrogen) atoms. The van der Waals surface area contributed by atoms with Gasteiger partial charge in [-0.15, -0.1) is 11.8 Å². The molecule has 0 aromatic heterocycles. The van der Waals surface area contributed by atoms with Crippen LogP contribution < -0.4 is 16.0 Å². The lowest BCUT2D eigenvalue weighted by molar-refractivity contribution is -0.115. The second-order valence-corrected chi connectivity index (χ2v) is 12.1. The Labute approximate surface area is 269 Å². The minimum atomic E-state index is -0.478. The van der Waals surface area contributed by atoms with Gasteiger partial charge in [-0.25, -0.2) is 0 Å². The first-order valence-electron chi connectivity index (χ1n) is 13.7. The molecular formula is C35H27Cl2N3O3S. The van der Waals surface area contributed by atoms with E-state index in [2.05, 4.69) is 16.0 Å². The predicted octanol–water partition coefficient (Wildman–Crippen LogP) is 8.68. The molecule has 3 N–H and O–H groups in total. The summed E-state index contributed by atoms with van der Waals surface area (Å²) in [6.45, 7) is 1.79. The summed E-state index contributed by atoms with van der Waals surface area (Å²) in [6, 6.07) is 34.3. The minimum Gasteiger partial charge on any atom is -0.324 e. The number of amides is 3. The van der Waals surface area contributed by atoms with Crippen LogP contribution in [-0.4, -0.2) is 23.0 Å². The van der Waals surface area contributed by atoms with E-state index in [9.17, 15) is 14.4 Å². The number of hydrogen-bond acceptors (Lipinski definition) is 4. The molecule has 0 saturated heterocycles. The summed E-state index contributed by atoms with van der Waals surface area (Å²) in [5, 5.41) is 10.9. The molecule has 0 radical (unpaired) electrons. The average Bonchev–Trinajstić information content (AvgIpc) is 3.03. The Balaban J connectivity index is 1.31. The summed E-state index contributed by atoms with van der Waals surface area (Å²) >= 11 is 13.6. The van der Waals surface area contributed by atoms with E-state index < -0.39 is 17.1 Å². The molecule has 0 heterocycles. The number of hydrogen-bond donors (Lipinski definition) is 3. The zero-order chi connectivity index (χ0) is 31.1. The Morgan fingerprint density at radius 1 is 0.773 bits per heavy atom. The van der Waals surface area contributed by atoms with E-state index in [-0.39, 0.29) is 11.6 Å². The first-order valence-corrected chi connectivity index (χ1v) is 15.3. The average molecular weight is 641 g/mol. The molecule has 5 rings (SSSR count). The number of benzene rings is 5. The number of halogens is 2. The van der Waals surface area contributed by atoms with Crippen molar-refractivity contribution in [1.82, 2.24) is 5.32 Å². The quantitative estimate of drug-likeness (QED) is 0.111. The third kappa shape index (κ3) is 7.88. The minimum absolute atomic E-state index is 0.0960. The topological polar surface area (TPSA) is 87.3 Å². The lowest BCUT2D eigenvalue weighted by Gasteiger charge is -2.14. The molecule has 1 atom stereocenters. The van der Waals surface area contributed by atoms with Crippen LogP contribution in [0.1, 0.15) is 22.8 Å². The van der Waals surface area contributed by atoms with Crippen LogP contribution in [-0.2, 0) is 9.59 Å². The molecule has 6 nitrogen and oxygen atoms in total. The first-order chi connectivity index (χ1) is 21.3. The van der Waals surface area contributed by atoms with Crippen molar-refractivity contribution in [3.63, 3.8) is 0 Å². The second-order valence-electron chi connectivity index (χ2n) is 9.80. The molecule has 0 aliphatic carbocycles. The lowest BCUT2D eigenvalue weighted by atomic mass is 10.0. The van der Waals surface area contributed by atoms with Gasteiger partial charge in [0.1, 0.15) is 5.70 Å². The number of fused-ring (bicyclic) bond motifs is 1. The Bertz CT molecular complexity index is 1860. The Morgan fingerprint density at radius 2 is 1.48 bits per heavy atom. The van der Waals surface area contributed by atoms with Gasteiger partial charge in [0.05, 0.1) is 16.0 Å². The summed E-state index contributed by atoms with van der Waals surface area (Å²) in [6.07, 6.45) is 1.68. The van der Waals surface area contributed by atoms with Crippen molar-refractivity contribution in [2.45, 2.75) is 17.1 Å². The van der Waals surface area contributed by atoms with Crippen LogP contribution in [0.3, 0.4) is 0 Å². The van der Waals surface area contributed by atoms with E-state index in [0.29, 0.717) is 27.0 Å². The Hall–Kier alpha value is -4.56. The van der Waals surface area contributed by atoms with Gasteiger partial charge in [-0.3, -0.25) is 14.4 Å². The lowest BCUT2D eigenvalue weighted by Crippen LogP contribution is -2.30. The summed E-state index contributed by atoms with van der Waals surface area (Å²) in [5.74, 6) is -1.10. The fraction of sp³-hybridized carbons (Fsp3) is 0.0571. The van der Waals surface area contributed by atoms with Gasteiger partial charge in [-0.05, 0) is 83.9 Å². The summed E-state index contributed by atoms with van der Waals surface area (Å²) in [5.41, 5.74) is 2.29. The first kappa shape index (κ1) is 30.9. The Morgan fingerprint density at radius 3 is 2.25 bits per heavy atom. The van der Waals surface area contributed by atoms with Crippen LogP contribution in [0.25, 0.3) is 16.8 Å². The van der Waals surface area contributed by atoms with E-state index in [1.54, 1.807) is 67.6 Å². The molecule has 0 bridgehead atoms. The summed E-state index contributed by atoms with van der Waals surface area (Å²) in [4.78, 5) is 40.1. The molecule has 5 aromatic rings. The smallest absolute Gasteiger partial charge is 0.272 e. The maximum Gasteiger partial charge on any atom is 0.272 e. The van der Waals surface area contributed by atoms with Gasteiger partial charge in [0.15, 0.2) is 0 Å². The van der Waals surface area contributed by atoms with E-state index in [1.807, 2.05) is 60.7 Å². The standard InChI is InChI=1S/C35H27Cl2N3O3S/c1-22(33(41)39-31-21-26(36)14-19-30(31)37)44-28-17-15-27(16-18-28)38-35(43)32(40-34(42)24-9-3-2-4-10-24)20-25-12-7-11-23-8-5-6-13-29(23)25/h2-22H,1H3,(H,38,43)(H,39,41)(H,40,42)/b32-20-. The van der Waals surface area contributed by atoms with Gasteiger partial charge < -0.3 is 16.0 Å². The third-order valence-electron chi connectivity index (χ3n) is 6.63. The zero-order valence-corrected chi connectivity index (χ0v) is 25.8. The van der Waals surface area contributed by atoms with Crippen LogP contribution >= 0.6 is 35.0 Å². The number of anilines is 2. The van der Waals surface area contributed by atoms with Crippen molar-refractivity contribution in [3.8, 4) is 0 Å². The van der Waals surface area contributed by atoms with E-state index in [1.165, 1.54) is 11.8 Å². The predicted molar refractivity (Wildman–Crippen MR) is 181 cm³/mol. The highest BCUT2D eigenvalue weighted by Gasteiger charge is 2.18. The maximum absolute atomic E-state index is 13.5. The van der Waals surface area contributed by atoms with Crippen LogP contribution in [0.5, 0.6) is 0 Å². The molecule has 0 aliphatic rings. The number of thioether (sulfide) groups is 1. The third-order valence-corrected chi connectivity index (χ3v) is 8.31. The second kappa shape index (κ2) is 14.3. The molecule has 5 aromatic carbocycles. The van der Waals surface area contributed by atoms with E-state index >= 15 is 0 Å². The van der Waals surface area contributed by atoms with Gasteiger partial charge in [-0.2, -0.15) is 0 Å².